The number of carbonyl (C=O) groups is 1. The number of amides is 1. The third kappa shape index (κ3) is 5.11. The van der Waals surface area contributed by atoms with Crippen LogP contribution in [0.3, 0.4) is 0 Å². The molecule has 1 N–H and O–H groups in total. The Balaban J connectivity index is 3.75. The molecule has 0 fully saturated rings. The zero-order valence-corrected chi connectivity index (χ0v) is 9.44. The molecule has 0 aliphatic heterocycles. The summed E-state index contributed by atoms with van der Waals surface area (Å²) in [6.45, 7) is 8.09. The molecule has 0 radical (unpaired) electrons. The first-order chi connectivity index (χ1) is 5.90. The van der Waals surface area contributed by atoms with Crippen molar-refractivity contribution in [2.24, 2.45) is 11.3 Å². The minimum Gasteiger partial charge on any atom is -0.273 e. The van der Waals surface area contributed by atoms with Crippen molar-refractivity contribution in [1.82, 2.24) is 5.48 Å². The largest absolute Gasteiger partial charge is 0.273 e. The zero-order valence-electron chi connectivity index (χ0n) is 8.69. The van der Waals surface area contributed by atoms with Crippen LogP contribution in [-0.4, -0.2) is 18.4 Å². The lowest BCUT2D eigenvalue weighted by molar-refractivity contribution is -0.142. The van der Waals surface area contributed by atoms with Gasteiger partial charge in [-0.2, -0.15) is 0 Å². The highest BCUT2D eigenvalue weighted by Gasteiger charge is 2.26. The van der Waals surface area contributed by atoms with Crippen molar-refractivity contribution in [3.8, 4) is 0 Å². The fraction of sp³-hybridized carbons (Fsp3) is 0.889. The van der Waals surface area contributed by atoms with E-state index in [2.05, 4.69) is 5.48 Å². The molecule has 0 aliphatic carbocycles. The van der Waals surface area contributed by atoms with Crippen LogP contribution in [0.2, 0.25) is 0 Å². The van der Waals surface area contributed by atoms with Gasteiger partial charge in [-0.15, -0.1) is 11.6 Å². The van der Waals surface area contributed by atoms with Gasteiger partial charge >= 0.3 is 0 Å². The van der Waals surface area contributed by atoms with Crippen LogP contribution in [0.25, 0.3) is 0 Å². The van der Waals surface area contributed by atoms with E-state index in [4.69, 9.17) is 16.4 Å². The van der Waals surface area contributed by atoms with Crippen molar-refractivity contribution in [1.29, 1.82) is 0 Å². The van der Waals surface area contributed by atoms with Gasteiger partial charge in [0.1, 0.15) is 0 Å². The maximum atomic E-state index is 11.4. The van der Waals surface area contributed by atoms with Crippen LogP contribution in [0, 0.1) is 11.3 Å². The quantitative estimate of drug-likeness (QED) is 0.553. The topological polar surface area (TPSA) is 38.3 Å². The first-order valence-corrected chi connectivity index (χ1v) is 4.92. The van der Waals surface area contributed by atoms with E-state index in [0.29, 0.717) is 12.5 Å². The van der Waals surface area contributed by atoms with Gasteiger partial charge in [0, 0.05) is 5.88 Å². The highest BCUT2D eigenvalue weighted by molar-refractivity contribution is 6.19. The van der Waals surface area contributed by atoms with E-state index in [1.165, 1.54) is 0 Å². The van der Waals surface area contributed by atoms with Crippen molar-refractivity contribution in [3.63, 3.8) is 0 Å². The molecule has 1 amide bonds. The maximum Gasteiger partial charge on any atom is 0.250 e. The molecular formula is C9H18ClNO2. The van der Waals surface area contributed by atoms with E-state index in [-0.39, 0.29) is 11.8 Å². The molecule has 0 unspecified atom stereocenters. The molecule has 0 aromatic heterocycles. The Bertz CT molecular complexity index is 169. The molecule has 3 nitrogen and oxygen atoms in total. The summed E-state index contributed by atoms with van der Waals surface area (Å²) in [4.78, 5) is 16.3. The lowest BCUT2D eigenvalue weighted by atomic mass is 9.96. The minimum atomic E-state index is -0.571. The number of hydroxylamine groups is 1. The number of hydrogen-bond donors (Lipinski definition) is 1. The van der Waals surface area contributed by atoms with E-state index in [1.807, 2.05) is 13.8 Å². The van der Waals surface area contributed by atoms with E-state index < -0.39 is 5.41 Å². The molecule has 0 aromatic rings. The summed E-state index contributed by atoms with van der Waals surface area (Å²) >= 11 is 5.61. The highest BCUT2D eigenvalue weighted by atomic mass is 35.5. The van der Waals surface area contributed by atoms with Crippen LogP contribution in [0.4, 0.5) is 0 Å². The second-order valence-corrected chi connectivity index (χ2v) is 4.42. The van der Waals surface area contributed by atoms with Gasteiger partial charge in [-0.3, -0.25) is 9.63 Å². The molecule has 0 bridgehead atoms. The number of carbonyl (C=O) groups excluding carboxylic acids is 1. The third-order valence-corrected chi connectivity index (χ3v) is 2.20. The van der Waals surface area contributed by atoms with Gasteiger partial charge in [-0.1, -0.05) is 13.8 Å². The molecule has 78 valence electrons. The predicted octanol–water partition coefficient (Wildman–Crippen LogP) is 1.96. The van der Waals surface area contributed by atoms with Crippen LogP contribution < -0.4 is 5.48 Å². The fourth-order valence-electron chi connectivity index (χ4n) is 0.473. The van der Waals surface area contributed by atoms with Gasteiger partial charge in [-0.05, 0) is 19.8 Å². The van der Waals surface area contributed by atoms with Gasteiger partial charge in [0.15, 0.2) is 0 Å². The Hall–Kier alpha value is -0.280. The molecule has 0 saturated carbocycles. The van der Waals surface area contributed by atoms with Crippen LogP contribution >= 0.6 is 11.6 Å². The second kappa shape index (κ2) is 5.45. The van der Waals surface area contributed by atoms with Crippen LogP contribution in [0.15, 0.2) is 0 Å². The minimum absolute atomic E-state index is 0.178. The molecule has 0 saturated heterocycles. The van der Waals surface area contributed by atoms with Gasteiger partial charge in [0.05, 0.1) is 12.0 Å². The van der Waals surface area contributed by atoms with Gasteiger partial charge in [0.2, 0.25) is 5.91 Å². The first-order valence-electron chi connectivity index (χ1n) is 4.38. The lowest BCUT2D eigenvalue weighted by Crippen LogP contribution is -2.38. The summed E-state index contributed by atoms with van der Waals surface area (Å²) in [6, 6.07) is 0. The SMILES string of the molecule is CC(C)CONC(=O)C(C)(C)CCl. The number of halogens is 1. The molecule has 0 atom stereocenters. The van der Waals surface area contributed by atoms with Gasteiger partial charge in [0.25, 0.3) is 0 Å². The third-order valence-electron chi connectivity index (χ3n) is 1.53. The Kier molecular flexibility index (Phi) is 5.33. The van der Waals surface area contributed by atoms with Crippen molar-refractivity contribution in [2.45, 2.75) is 27.7 Å². The molecular weight excluding hydrogens is 190 g/mol. The molecule has 0 spiro atoms. The van der Waals surface area contributed by atoms with Crippen LogP contribution in [0.1, 0.15) is 27.7 Å². The van der Waals surface area contributed by atoms with Crippen molar-refractivity contribution in [3.05, 3.63) is 0 Å². The van der Waals surface area contributed by atoms with Crippen molar-refractivity contribution in [2.75, 3.05) is 12.5 Å². The van der Waals surface area contributed by atoms with Crippen molar-refractivity contribution >= 4 is 17.5 Å². The zero-order chi connectivity index (χ0) is 10.5. The normalized spacial score (nSPS) is 11.8. The van der Waals surface area contributed by atoms with E-state index >= 15 is 0 Å². The monoisotopic (exact) mass is 207 g/mol. The van der Waals surface area contributed by atoms with Gasteiger partial charge < -0.3 is 0 Å². The van der Waals surface area contributed by atoms with E-state index in [1.54, 1.807) is 13.8 Å². The van der Waals surface area contributed by atoms with Crippen molar-refractivity contribution < 1.29 is 9.63 Å². The number of rotatable bonds is 5. The Labute approximate surface area is 84.7 Å². The Morgan fingerprint density at radius 1 is 1.54 bits per heavy atom. The number of alkyl halides is 1. The summed E-state index contributed by atoms with van der Waals surface area (Å²) < 4.78 is 0. The van der Waals surface area contributed by atoms with E-state index in [9.17, 15) is 4.79 Å². The predicted molar refractivity (Wildman–Crippen MR) is 53.4 cm³/mol. The Morgan fingerprint density at radius 2 is 2.08 bits per heavy atom. The molecule has 13 heavy (non-hydrogen) atoms. The first kappa shape index (κ1) is 12.7. The summed E-state index contributed by atoms with van der Waals surface area (Å²) in [7, 11) is 0. The molecule has 0 heterocycles. The summed E-state index contributed by atoms with van der Waals surface area (Å²) in [5, 5.41) is 0. The van der Waals surface area contributed by atoms with Crippen LogP contribution in [-0.2, 0) is 9.63 Å². The molecule has 0 aromatic carbocycles. The molecule has 0 rings (SSSR count). The van der Waals surface area contributed by atoms with E-state index in [0.717, 1.165) is 0 Å². The highest BCUT2D eigenvalue weighted by Crippen LogP contribution is 2.16. The second-order valence-electron chi connectivity index (χ2n) is 4.15. The number of hydrogen-bond acceptors (Lipinski definition) is 2. The summed E-state index contributed by atoms with van der Waals surface area (Å²) in [5.41, 5.74) is 1.81. The smallest absolute Gasteiger partial charge is 0.250 e. The average Bonchev–Trinajstić information content (AvgIpc) is 2.03. The Morgan fingerprint density at radius 3 is 2.46 bits per heavy atom. The number of nitrogens with one attached hydrogen (secondary N) is 1. The summed E-state index contributed by atoms with van der Waals surface area (Å²) in [5.74, 6) is 0.506. The lowest BCUT2D eigenvalue weighted by Gasteiger charge is -2.20. The van der Waals surface area contributed by atoms with Crippen LogP contribution in [0.5, 0.6) is 0 Å². The maximum absolute atomic E-state index is 11.4. The molecule has 4 heteroatoms. The van der Waals surface area contributed by atoms with Gasteiger partial charge in [-0.25, -0.2) is 5.48 Å². The fourth-order valence-corrected chi connectivity index (χ4v) is 0.594. The average molecular weight is 208 g/mol. The standard InChI is InChI=1S/C9H18ClNO2/c1-7(2)5-13-11-8(12)9(3,4)6-10/h7H,5-6H2,1-4H3,(H,11,12). The molecule has 0 aliphatic rings. The summed E-state index contributed by atoms with van der Waals surface area (Å²) in [6.07, 6.45) is 0.